The van der Waals surface area contributed by atoms with Crippen LogP contribution in [0.4, 0.5) is 5.69 Å². The molecule has 3 heteroatoms. The van der Waals surface area contributed by atoms with Crippen LogP contribution in [-0.4, -0.2) is 26.2 Å². The number of esters is 1. The van der Waals surface area contributed by atoms with Gasteiger partial charge >= 0.3 is 5.97 Å². The molecule has 0 spiro atoms. The van der Waals surface area contributed by atoms with Crippen molar-refractivity contribution in [3.63, 3.8) is 0 Å². The maximum atomic E-state index is 12.7. The maximum absolute atomic E-state index is 12.7. The van der Waals surface area contributed by atoms with E-state index in [4.69, 9.17) is 4.74 Å². The molecule has 8 atom stereocenters. The van der Waals surface area contributed by atoms with Crippen LogP contribution in [0, 0.1) is 46.3 Å². The standard InChI is InChI=1S/C38H57NO2/c1-26(2)9-8-10-27(3)33-18-19-34-32-17-14-29-25-31(21-23-37(29,4)35(32)22-24-38(33,34)5)41-36(40)20-13-28-11-15-30(16-12-28)39(6)7/h11-16,20,26-27,31-35H,8-10,17-19,21-25H2,1-7H3/b20-13+/t27-,31+,32-,33+,34-,35-,37+,38+/m1/s1. The number of nitrogens with zero attached hydrogens (tertiary/aromatic N) is 1. The molecular formula is C38H57NO2. The number of rotatable bonds is 9. The third kappa shape index (κ3) is 6.21. The Kier molecular flexibility index (Phi) is 9.12. The van der Waals surface area contributed by atoms with Crippen molar-refractivity contribution in [2.24, 2.45) is 46.3 Å². The summed E-state index contributed by atoms with van der Waals surface area (Å²) in [5.41, 5.74) is 4.59. The van der Waals surface area contributed by atoms with Crippen LogP contribution in [0.3, 0.4) is 0 Å². The van der Waals surface area contributed by atoms with Gasteiger partial charge in [-0.3, -0.25) is 0 Å². The summed E-state index contributed by atoms with van der Waals surface area (Å²) in [6, 6.07) is 8.24. The molecule has 0 heterocycles. The number of hydrogen-bond donors (Lipinski definition) is 0. The number of allylic oxidation sites excluding steroid dienone is 1. The van der Waals surface area contributed by atoms with Gasteiger partial charge in [0.2, 0.25) is 0 Å². The van der Waals surface area contributed by atoms with E-state index in [0.29, 0.717) is 5.41 Å². The molecule has 4 aliphatic carbocycles. The van der Waals surface area contributed by atoms with Gasteiger partial charge in [0, 0.05) is 32.3 Å². The molecule has 3 nitrogen and oxygen atoms in total. The van der Waals surface area contributed by atoms with Gasteiger partial charge in [-0.25, -0.2) is 4.79 Å². The summed E-state index contributed by atoms with van der Waals surface area (Å²) in [5.74, 6) is 4.93. The van der Waals surface area contributed by atoms with E-state index in [-0.39, 0.29) is 17.5 Å². The number of fused-ring (bicyclic) bond motifs is 5. The molecule has 3 fully saturated rings. The number of carbonyl (C=O) groups excluding carboxylic acids is 1. The smallest absolute Gasteiger partial charge is 0.331 e. The molecule has 226 valence electrons. The number of anilines is 1. The van der Waals surface area contributed by atoms with Crippen molar-refractivity contribution in [3.05, 3.63) is 47.6 Å². The lowest BCUT2D eigenvalue weighted by molar-refractivity contribution is -0.145. The lowest BCUT2D eigenvalue weighted by Gasteiger charge is -2.58. The van der Waals surface area contributed by atoms with Crippen LogP contribution in [0.25, 0.3) is 6.08 Å². The molecule has 5 rings (SSSR count). The second kappa shape index (κ2) is 12.3. The Morgan fingerprint density at radius 2 is 1.76 bits per heavy atom. The van der Waals surface area contributed by atoms with Crippen molar-refractivity contribution >= 4 is 17.7 Å². The molecular weight excluding hydrogens is 502 g/mol. The van der Waals surface area contributed by atoms with Crippen LogP contribution < -0.4 is 4.90 Å². The molecule has 41 heavy (non-hydrogen) atoms. The minimum absolute atomic E-state index is 0.00977. The lowest BCUT2D eigenvalue weighted by Crippen LogP contribution is -2.51. The maximum Gasteiger partial charge on any atom is 0.331 e. The fraction of sp³-hybridized carbons (Fsp3) is 0.711. The van der Waals surface area contributed by atoms with Gasteiger partial charge in [0.05, 0.1) is 0 Å². The predicted octanol–water partition coefficient (Wildman–Crippen LogP) is 9.72. The first kappa shape index (κ1) is 30.4. The quantitative estimate of drug-likeness (QED) is 0.171. The molecule has 0 radical (unpaired) electrons. The highest BCUT2D eigenvalue weighted by Gasteiger charge is 2.59. The predicted molar refractivity (Wildman–Crippen MR) is 173 cm³/mol. The van der Waals surface area contributed by atoms with Crippen LogP contribution >= 0.6 is 0 Å². The van der Waals surface area contributed by atoms with Crippen LogP contribution in [0.15, 0.2) is 42.0 Å². The van der Waals surface area contributed by atoms with Crippen molar-refractivity contribution in [2.75, 3.05) is 19.0 Å². The molecule has 0 saturated heterocycles. The molecule has 0 aliphatic heterocycles. The molecule has 0 amide bonds. The fourth-order valence-electron chi connectivity index (χ4n) is 10.0. The van der Waals surface area contributed by atoms with Gasteiger partial charge in [0.15, 0.2) is 0 Å². The SMILES string of the molecule is CC(C)CCC[C@@H](C)[C@@H]1CC[C@@H]2[C@H]3CC=C4C[C@@H](OC(=O)/C=C/c5ccc(N(C)C)cc5)CC[C@]4(C)[C@@H]3CC[C@]21C. The molecule has 0 N–H and O–H groups in total. The van der Waals surface area contributed by atoms with Gasteiger partial charge in [-0.1, -0.05) is 77.7 Å². The van der Waals surface area contributed by atoms with Gasteiger partial charge in [-0.2, -0.15) is 0 Å². The summed E-state index contributed by atoms with van der Waals surface area (Å²) in [5, 5.41) is 0. The van der Waals surface area contributed by atoms with E-state index in [1.54, 1.807) is 11.6 Å². The number of hydrogen-bond acceptors (Lipinski definition) is 3. The van der Waals surface area contributed by atoms with Crippen molar-refractivity contribution in [3.8, 4) is 0 Å². The normalized spacial score (nSPS) is 35.4. The Labute approximate surface area is 251 Å². The third-order valence-electron chi connectivity index (χ3n) is 12.4. The Morgan fingerprint density at radius 3 is 2.46 bits per heavy atom. The minimum atomic E-state index is -0.211. The largest absolute Gasteiger partial charge is 0.459 e. The van der Waals surface area contributed by atoms with Gasteiger partial charge in [-0.15, -0.1) is 0 Å². The van der Waals surface area contributed by atoms with E-state index in [0.717, 1.165) is 66.0 Å². The van der Waals surface area contributed by atoms with Crippen LogP contribution in [0.5, 0.6) is 0 Å². The zero-order valence-corrected chi connectivity index (χ0v) is 27.1. The van der Waals surface area contributed by atoms with Gasteiger partial charge < -0.3 is 9.64 Å². The zero-order chi connectivity index (χ0) is 29.4. The molecule has 1 aromatic rings. The van der Waals surface area contributed by atoms with E-state index >= 15 is 0 Å². The Morgan fingerprint density at radius 1 is 1.00 bits per heavy atom. The average Bonchev–Trinajstić information content (AvgIpc) is 3.29. The molecule has 3 saturated carbocycles. The zero-order valence-electron chi connectivity index (χ0n) is 27.1. The minimum Gasteiger partial charge on any atom is -0.459 e. The molecule has 0 unspecified atom stereocenters. The molecule has 0 aromatic heterocycles. The Bertz CT molecular complexity index is 1120. The summed E-state index contributed by atoms with van der Waals surface area (Å²) < 4.78 is 6.00. The van der Waals surface area contributed by atoms with Gasteiger partial charge in [0.1, 0.15) is 6.10 Å². The second-order valence-corrected chi connectivity index (χ2v) is 15.4. The molecule has 1 aromatic carbocycles. The first-order chi connectivity index (χ1) is 19.5. The third-order valence-corrected chi connectivity index (χ3v) is 12.4. The number of carbonyl (C=O) groups is 1. The summed E-state index contributed by atoms with van der Waals surface area (Å²) >= 11 is 0. The van der Waals surface area contributed by atoms with Gasteiger partial charge in [0.25, 0.3) is 0 Å². The van der Waals surface area contributed by atoms with E-state index in [9.17, 15) is 4.79 Å². The number of ether oxygens (including phenoxy) is 1. The van der Waals surface area contributed by atoms with Gasteiger partial charge in [-0.05, 0) is 115 Å². The Hall–Kier alpha value is -2.03. The Balaban J connectivity index is 1.19. The highest BCUT2D eigenvalue weighted by Crippen LogP contribution is 2.67. The first-order valence-corrected chi connectivity index (χ1v) is 16.9. The monoisotopic (exact) mass is 559 g/mol. The highest BCUT2D eigenvalue weighted by atomic mass is 16.5. The summed E-state index contributed by atoms with van der Waals surface area (Å²) in [4.78, 5) is 14.8. The average molecular weight is 560 g/mol. The molecule has 0 bridgehead atoms. The topological polar surface area (TPSA) is 29.5 Å². The van der Waals surface area contributed by atoms with E-state index in [2.05, 4.69) is 57.7 Å². The summed E-state index contributed by atoms with van der Waals surface area (Å²) in [6.07, 6.45) is 20.3. The first-order valence-electron chi connectivity index (χ1n) is 16.9. The lowest BCUT2D eigenvalue weighted by atomic mass is 9.47. The second-order valence-electron chi connectivity index (χ2n) is 15.4. The number of benzene rings is 1. The molecule has 4 aliphatic rings. The summed E-state index contributed by atoms with van der Waals surface area (Å²) in [7, 11) is 4.07. The van der Waals surface area contributed by atoms with Crippen LogP contribution in [0.2, 0.25) is 0 Å². The van der Waals surface area contributed by atoms with E-state index in [1.807, 2.05) is 32.3 Å². The van der Waals surface area contributed by atoms with E-state index < -0.39 is 0 Å². The van der Waals surface area contributed by atoms with Crippen LogP contribution in [0.1, 0.15) is 111 Å². The highest BCUT2D eigenvalue weighted by molar-refractivity contribution is 5.87. The van der Waals surface area contributed by atoms with E-state index in [1.165, 1.54) is 51.4 Å². The van der Waals surface area contributed by atoms with Crippen molar-refractivity contribution in [1.82, 2.24) is 0 Å². The van der Waals surface area contributed by atoms with Crippen molar-refractivity contribution in [1.29, 1.82) is 0 Å². The fourth-order valence-corrected chi connectivity index (χ4v) is 10.0. The van der Waals surface area contributed by atoms with Crippen molar-refractivity contribution in [2.45, 2.75) is 111 Å². The van der Waals surface area contributed by atoms with Crippen molar-refractivity contribution < 1.29 is 9.53 Å². The van der Waals surface area contributed by atoms with Crippen LogP contribution in [-0.2, 0) is 9.53 Å². The summed E-state index contributed by atoms with van der Waals surface area (Å²) in [6.45, 7) is 12.6.